The standard InChI is InChI=1S/C20H24N2O3S3/c1-13(14-6-8-16(25-5)9-7-14)22-28(23,24)18-10-15(11-26-18)19-21-17(12-27-19)20(2,3)4/h6-13,22H,1-5H3/t13-/m0/s1. The van der Waals surface area contributed by atoms with Gasteiger partial charge in [-0.05, 0) is 30.7 Å². The molecule has 0 aliphatic rings. The van der Waals surface area contributed by atoms with Gasteiger partial charge in [0.15, 0.2) is 0 Å². The fourth-order valence-corrected chi connectivity index (χ4v) is 6.09. The summed E-state index contributed by atoms with van der Waals surface area (Å²) in [4.78, 5) is 4.67. The molecule has 0 saturated heterocycles. The Kier molecular flexibility index (Phi) is 5.95. The summed E-state index contributed by atoms with van der Waals surface area (Å²) < 4.78 is 33.8. The second-order valence-corrected chi connectivity index (χ2v) is 11.3. The van der Waals surface area contributed by atoms with E-state index in [1.807, 2.05) is 41.9 Å². The Labute approximate surface area is 174 Å². The van der Waals surface area contributed by atoms with E-state index in [0.717, 1.165) is 27.6 Å². The summed E-state index contributed by atoms with van der Waals surface area (Å²) in [6.45, 7) is 8.16. The van der Waals surface area contributed by atoms with E-state index in [0.29, 0.717) is 0 Å². The number of benzene rings is 1. The maximum absolute atomic E-state index is 12.8. The van der Waals surface area contributed by atoms with Crippen LogP contribution in [0, 0.1) is 0 Å². The molecule has 0 spiro atoms. The van der Waals surface area contributed by atoms with Crippen molar-refractivity contribution < 1.29 is 13.2 Å². The number of nitrogens with zero attached hydrogens (tertiary/aromatic N) is 1. The molecule has 1 aromatic carbocycles. The lowest BCUT2D eigenvalue weighted by Gasteiger charge is -2.14. The molecule has 1 N–H and O–H groups in total. The summed E-state index contributed by atoms with van der Waals surface area (Å²) in [5.74, 6) is 0.736. The molecule has 150 valence electrons. The molecule has 0 bridgehead atoms. The van der Waals surface area contributed by atoms with E-state index in [-0.39, 0.29) is 15.7 Å². The number of hydrogen-bond acceptors (Lipinski definition) is 6. The number of methoxy groups -OCH3 is 1. The first kappa shape index (κ1) is 21.0. The molecule has 0 aliphatic heterocycles. The van der Waals surface area contributed by atoms with Crippen LogP contribution in [0.5, 0.6) is 5.75 Å². The molecular weight excluding hydrogens is 412 g/mol. The van der Waals surface area contributed by atoms with Crippen LogP contribution in [0.4, 0.5) is 0 Å². The van der Waals surface area contributed by atoms with Gasteiger partial charge in [-0.15, -0.1) is 22.7 Å². The van der Waals surface area contributed by atoms with E-state index in [2.05, 4.69) is 30.5 Å². The van der Waals surface area contributed by atoms with Crippen molar-refractivity contribution in [3.8, 4) is 16.3 Å². The predicted octanol–water partition coefficient (Wildman–Crippen LogP) is 5.22. The molecule has 0 fully saturated rings. The van der Waals surface area contributed by atoms with Crippen LogP contribution in [-0.4, -0.2) is 20.5 Å². The first-order valence-electron chi connectivity index (χ1n) is 8.81. The summed E-state index contributed by atoms with van der Waals surface area (Å²) in [6, 6.07) is 8.69. The molecule has 0 aliphatic carbocycles. The normalized spacial score (nSPS) is 13.5. The van der Waals surface area contributed by atoms with Crippen LogP contribution in [0.15, 0.2) is 45.3 Å². The van der Waals surface area contributed by atoms with E-state index >= 15 is 0 Å². The molecule has 3 rings (SSSR count). The van der Waals surface area contributed by atoms with Crippen LogP contribution in [0.1, 0.15) is 45.0 Å². The third kappa shape index (κ3) is 4.63. The first-order valence-corrected chi connectivity index (χ1v) is 12.1. The van der Waals surface area contributed by atoms with Gasteiger partial charge in [0, 0.05) is 27.8 Å². The van der Waals surface area contributed by atoms with Crippen LogP contribution < -0.4 is 9.46 Å². The predicted molar refractivity (Wildman–Crippen MR) is 116 cm³/mol. The summed E-state index contributed by atoms with van der Waals surface area (Å²) in [5, 5.41) is 4.72. The fourth-order valence-electron chi connectivity index (χ4n) is 2.57. The van der Waals surface area contributed by atoms with Gasteiger partial charge in [0.05, 0.1) is 12.8 Å². The van der Waals surface area contributed by atoms with Crippen LogP contribution in [0.3, 0.4) is 0 Å². The van der Waals surface area contributed by atoms with Crippen LogP contribution in [0.25, 0.3) is 10.6 Å². The highest BCUT2D eigenvalue weighted by Gasteiger charge is 2.23. The summed E-state index contributed by atoms with van der Waals surface area (Å²) in [7, 11) is -2.02. The number of rotatable bonds is 6. The molecule has 0 amide bonds. The third-order valence-corrected chi connectivity index (χ3v) is 8.18. The SMILES string of the molecule is COc1ccc([C@H](C)NS(=O)(=O)c2cc(-c3nc(C(C)(C)C)cs3)cs2)cc1. The van der Waals surface area contributed by atoms with E-state index in [1.54, 1.807) is 13.2 Å². The molecule has 0 unspecified atom stereocenters. The average Bonchev–Trinajstić information content (AvgIpc) is 3.30. The molecule has 2 aromatic heterocycles. The van der Waals surface area contributed by atoms with Crippen molar-refractivity contribution in [3.05, 3.63) is 52.3 Å². The van der Waals surface area contributed by atoms with Crippen molar-refractivity contribution >= 4 is 32.7 Å². The first-order chi connectivity index (χ1) is 13.1. The van der Waals surface area contributed by atoms with Crippen molar-refractivity contribution in [3.63, 3.8) is 0 Å². The highest BCUT2D eigenvalue weighted by molar-refractivity contribution is 7.91. The Bertz CT molecular complexity index is 1050. The van der Waals surface area contributed by atoms with Gasteiger partial charge in [-0.25, -0.2) is 18.1 Å². The number of aromatic nitrogens is 1. The number of nitrogens with one attached hydrogen (secondary N) is 1. The van der Waals surface area contributed by atoms with Crippen LogP contribution in [-0.2, 0) is 15.4 Å². The molecule has 1 atom stereocenters. The summed E-state index contributed by atoms with van der Waals surface area (Å²) >= 11 is 2.74. The molecule has 28 heavy (non-hydrogen) atoms. The molecular formula is C20H24N2O3S3. The van der Waals surface area contributed by atoms with Crippen molar-refractivity contribution in [1.82, 2.24) is 9.71 Å². The van der Waals surface area contributed by atoms with Gasteiger partial charge in [0.2, 0.25) is 0 Å². The Morgan fingerprint density at radius 1 is 1.11 bits per heavy atom. The summed E-state index contributed by atoms with van der Waals surface area (Å²) in [6.07, 6.45) is 0. The van der Waals surface area contributed by atoms with Crippen LogP contribution >= 0.6 is 22.7 Å². The van der Waals surface area contributed by atoms with Crippen LogP contribution in [0.2, 0.25) is 0 Å². The lowest BCUT2D eigenvalue weighted by molar-refractivity contribution is 0.414. The monoisotopic (exact) mass is 436 g/mol. The molecule has 2 heterocycles. The zero-order valence-electron chi connectivity index (χ0n) is 16.5. The maximum Gasteiger partial charge on any atom is 0.250 e. The quantitative estimate of drug-likeness (QED) is 0.575. The van der Waals surface area contributed by atoms with Gasteiger partial charge in [-0.1, -0.05) is 32.9 Å². The number of thiazole rings is 1. The molecule has 0 saturated carbocycles. The lowest BCUT2D eigenvalue weighted by Crippen LogP contribution is -2.26. The second kappa shape index (κ2) is 7.94. The largest absolute Gasteiger partial charge is 0.497 e. The fraction of sp³-hybridized carbons (Fsp3) is 0.350. The Morgan fingerprint density at radius 3 is 2.36 bits per heavy atom. The topological polar surface area (TPSA) is 68.3 Å². The smallest absolute Gasteiger partial charge is 0.250 e. The van der Waals surface area contributed by atoms with Crippen molar-refractivity contribution in [2.75, 3.05) is 7.11 Å². The molecule has 8 heteroatoms. The van der Waals surface area contributed by atoms with E-state index in [9.17, 15) is 8.42 Å². The van der Waals surface area contributed by atoms with E-state index < -0.39 is 10.0 Å². The Morgan fingerprint density at radius 2 is 1.79 bits per heavy atom. The highest BCUT2D eigenvalue weighted by Crippen LogP contribution is 2.34. The van der Waals surface area contributed by atoms with Gasteiger partial charge in [-0.3, -0.25) is 0 Å². The maximum atomic E-state index is 12.8. The molecule has 0 radical (unpaired) electrons. The highest BCUT2D eigenvalue weighted by atomic mass is 32.2. The molecule has 3 aromatic rings. The minimum absolute atomic E-state index is 0.0327. The average molecular weight is 437 g/mol. The second-order valence-electron chi connectivity index (χ2n) is 7.56. The summed E-state index contributed by atoms with van der Waals surface area (Å²) in [5.41, 5.74) is 2.68. The number of thiophene rings is 1. The van der Waals surface area contributed by atoms with Gasteiger partial charge in [-0.2, -0.15) is 0 Å². The Balaban J connectivity index is 1.78. The van der Waals surface area contributed by atoms with Gasteiger partial charge < -0.3 is 4.74 Å². The third-order valence-electron chi connectivity index (χ3n) is 4.31. The number of sulfonamides is 1. The van der Waals surface area contributed by atoms with Crippen molar-refractivity contribution in [2.45, 2.75) is 43.4 Å². The zero-order valence-corrected chi connectivity index (χ0v) is 19.0. The van der Waals surface area contributed by atoms with E-state index in [4.69, 9.17) is 4.74 Å². The lowest BCUT2D eigenvalue weighted by atomic mass is 9.93. The van der Waals surface area contributed by atoms with Gasteiger partial charge in [0.25, 0.3) is 10.0 Å². The molecule has 5 nitrogen and oxygen atoms in total. The van der Waals surface area contributed by atoms with Crippen molar-refractivity contribution in [1.29, 1.82) is 0 Å². The van der Waals surface area contributed by atoms with E-state index in [1.165, 1.54) is 22.7 Å². The van der Waals surface area contributed by atoms with Crippen molar-refractivity contribution in [2.24, 2.45) is 0 Å². The van der Waals surface area contributed by atoms with Gasteiger partial charge in [0.1, 0.15) is 15.0 Å². The minimum Gasteiger partial charge on any atom is -0.497 e. The van der Waals surface area contributed by atoms with Gasteiger partial charge >= 0.3 is 0 Å². The number of hydrogen-bond donors (Lipinski definition) is 1. The zero-order chi connectivity index (χ0) is 20.5. The Hall–Kier alpha value is -1.74. The number of ether oxygens (including phenoxy) is 1. The minimum atomic E-state index is -3.62.